The standard InChI is InChI=1S/C32H57N3O3/c1-23(36)38-30-29(35(6)17-19-37-20-18-35)22-28-26-8-7-24-21-25(33-13-15-34(4,5)16-14-33)9-11-31(24,2)27(26)10-12-32(28,30)3/h24-30H,7-22H2,1-6H3/q+2/t24-,25-,26+,27-,28-,29-,30-,31-,32-/m0/s1. The normalized spacial score (nSPS) is 48.4. The minimum atomic E-state index is -0.0854. The lowest BCUT2D eigenvalue weighted by molar-refractivity contribution is -0.942. The third-order valence-corrected chi connectivity index (χ3v) is 13.7. The lowest BCUT2D eigenvalue weighted by Gasteiger charge is -2.61. The number of carbonyl (C=O) groups is 1. The molecule has 6 nitrogen and oxygen atoms in total. The summed E-state index contributed by atoms with van der Waals surface area (Å²) in [6.07, 6.45) is 10.9. The molecule has 9 atom stereocenters. The maximum atomic E-state index is 12.4. The van der Waals surface area contributed by atoms with Gasteiger partial charge in [-0.05, 0) is 74.0 Å². The molecule has 4 saturated carbocycles. The van der Waals surface area contributed by atoms with Gasteiger partial charge >= 0.3 is 5.97 Å². The van der Waals surface area contributed by atoms with Gasteiger partial charge in [-0.3, -0.25) is 9.69 Å². The van der Waals surface area contributed by atoms with E-state index in [9.17, 15) is 4.79 Å². The molecule has 6 fully saturated rings. The minimum Gasteiger partial charge on any atom is -0.456 e. The van der Waals surface area contributed by atoms with Gasteiger partial charge in [0.05, 0.1) is 47.4 Å². The summed E-state index contributed by atoms with van der Waals surface area (Å²) in [5.74, 6) is 3.14. The molecule has 0 radical (unpaired) electrons. The van der Waals surface area contributed by atoms with Crippen LogP contribution in [0.5, 0.6) is 0 Å². The first-order chi connectivity index (χ1) is 18.0. The third-order valence-electron chi connectivity index (χ3n) is 13.7. The fraction of sp³-hybridized carbons (Fsp3) is 0.969. The highest BCUT2D eigenvalue weighted by atomic mass is 16.5. The quantitative estimate of drug-likeness (QED) is 0.405. The van der Waals surface area contributed by atoms with Gasteiger partial charge in [-0.2, -0.15) is 0 Å². The molecular weight excluding hydrogens is 474 g/mol. The topological polar surface area (TPSA) is 38.8 Å². The number of quaternary nitrogens is 2. The summed E-state index contributed by atoms with van der Waals surface area (Å²) < 4.78 is 14.3. The van der Waals surface area contributed by atoms with Crippen LogP contribution in [-0.2, 0) is 14.3 Å². The number of hydrogen-bond acceptors (Lipinski definition) is 4. The molecule has 0 bridgehead atoms. The molecule has 6 rings (SSSR count). The number of carbonyl (C=O) groups excluding carboxylic acids is 1. The number of rotatable bonds is 3. The number of likely N-dealkylation sites (N-methyl/N-ethyl adjacent to an activating group) is 2. The van der Waals surface area contributed by atoms with Crippen molar-refractivity contribution < 1.29 is 23.2 Å². The van der Waals surface area contributed by atoms with E-state index in [0.29, 0.717) is 17.4 Å². The second kappa shape index (κ2) is 9.70. The van der Waals surface area contributed by atoms with E-state index in [1.54, 1.807) is 6.92 Å². The first-order valence-corrected chi connectivity index (χ1v) is 16.1. The van der Waals surface area contributed by atoms with Crippen LogP contribution in [0.3, 0.4) is 0 Å². The molecule has 4 aliphatic carbocycles. The molecule has 0 aromatic heterocycles. The van der Waals surface area contributed by atoms with Crippen molar-refractivity contribution in [2.75, 3.05) is 73.6 Å². The molecule has 0 aromatic carbocycles. The van der Waals surface area contributed by atoms with E-state index < -0.39 is 0 Å². The molecule has 0 spiro atoms. The van der Waals surface area contributed by atoms with Crippen molar-refractivity contribution in [3.63, 3.8) is 0 Å². The van der Waals surface area contributed by atoms with Gasteiger partial charge in [0.25, 0.3) is 0 Å². The highest BCUT2D eigenvalue weighted by molar-refractivity contribution is 5.66. The predicted molar refractivity (Wildman–Crippen MR) is 150 cm³/mol. The SMILES string of the molecule is CC(=O)O[C@H]1[C@@H]([N+]2(C)CCOCC2)C[C@H]2[C@@H]3CC[C@H]4C[C@@H](N5CC[N+](C)(C)CC5)CC[C@]4(C)[C@H]3CC[C@@]21C. The van der Waals surface area contributed by atoms with E-state index in [1.165, 1.54) is 82.0 Å². The fourth-order valence-electron chi connectivity index (χ4n) is 11.0. The predicted octanol–water partition coefficient (Wildman–Crippen LogP) is 4.18. The van der Waals surface area contributed by atoms with Gasteiger partial charge in [-0.25, -0.2) is 0 Å². The highest BCUT2D eigenvalue weighted by Gasteiger charge is 2.66. The van der Waals surface area contributed by atoms with E-state index in [0.717, 1.165) is 54.6 Å². The molecule has 6 heteroatoms. The van der Waals surface area contributed by atoms with Crippen LogP contribution in [0.2, 0.25) is 0 Å². The third kappa shape index (κ3) is 4.48. The van der Waals surface area contributed by atoms with Crippen molar-refractivity contribution in [1.82, 2.24) is 4.90 Å². The van der Waals surface area contributed by atoms with E-state index in [1.807, 2.05) is 0 Å². The van der Waals surface area contributed by atoms with Crippen LogP contribution in [-0.4, -0.2) is 112 Å². The van der Waals surface area contributed by atoms with Gasteiger partial charge in [0.15, 0.2) is 6.10 Å². The lowest BCUT2D eigenvalue weighted by atomic mass is 9.45. The van der Waals surface area contributed by atoms with Gasteiger partial charge in [-0.1, -0.05) is 13.8 Å². The second-order valence-electron chi connectivity index (χ2n) is 15.9. The van der Waals surface area contributed by atoms with Crippen LogP contribution in [0.1, 0.15) is 72.1 Å². The van der Waals surface area contributed by atoms with Crippen LogP contribution in [0.4, 0.5) is 0 Å². The number of morpholine rings is 1. The van der Waals surface area contributed by atoms with Gasteiger partial charge in [0.2, 0.25) is 0 Å². The van der Waals surface area contributed by atoms with Crippen LogP contribution in [0.25, 0.3) is 0 Å². The Morgan fingerprint density at radius 1 is 0.868 bits per heavy atom. The lowest BCUT2D eigenvalue weighted by Crippen LogP contribution is -2.62. The molecule has 2 aliphatic heterocycles. The maximum absolute atomic E-state index is 12.4. The van der Waals surface area contributed by atoms with Gasteiger partial charge in [-0.15, -0.1) is 0 Å². The monoisotopic (exact) mass is 531 g/mol. The largest absolute Gasteiger partial charge is 0.456 e. The van der Waals surface area contributed by atoms with Gasteiger partial charge in [0, 0.05) is 37.9 Å². The Bertz CT molecular complexity index is 892. The molecule has 216 valence electrons. The average molecular weight is 532 g/mol. The highest BCUT2D eigenvalue weighted by Crippen LogP contribution is 2.67. The summed E-state index contributed by atoms with van der Waals surface area (Å²) in [5.41, 5.74) is 0.620. The molecule has 0 amide bonds. The Hall–Kier alpha value is -0.690. The Balaban J connectivity index is 1.21. The zero-order valence-electron chi connectivity index (χ0n) is 25.4. The van der Waals surface area contributed by atoms with Crippen molar-refractivity contribution in [3.05, 3.63) is 0 Å². The van der Waals surface area contributed by atoms with E-state index in [-0.39, 0.29) is 17.5 Å². The molecule has 0 aromatic rings. The second-order valence-corrected chi connectivity index (χ2v) is 15.9. The first-order valence-electron chi connectivity index (χ1n) is 16.1. The van der Waals surface area contributed by atoms with Crippen molar-refractivity contribution >= 4 is 5.97 Å². The molecule has 0 N–H and O–H groups in total. The van der Waals surface area contributed by atoms with Crippen LogP contribution in [0, 0.1) is 34.5 Å². The molecule has 38 heavy (non-hydrogen) atoms. The minimum absolute atomic E-state index is 0.0528. The van der Waals surface area contributed by atoms with Crippen LogP contribution < -0.4 is 0 Å². The summed E-state index contributed by atoms with van der Waals surface area (Å²) in [4.78, 5) is 15.3. The summed E-state index contributed by atoms with van der Waals surface area (Å²) in [6, 6.07) is 1.23. The van der Waals surface area contributed by atoms with Crippen molar-refractivity contribution in [2.45, 2.75) is 90.3 Å². The van der Waals surface area contributed by atoms with Crippen molar-refractivity contribution in [3.8, 4) is 0 Å². The number of fused-ring (bicyclic) bond motifs is 5. The Kier molecular flexibility index (Phi) is 7.02. The zero-order valence-corrected chi connectivity index (χ0v) is 25.4. The average Bonchev–Trinajstić information content (AvgIpc) is 3.17. The molecular formula is C32H57N3O3+2. The van der Waals surface area contributed by atoms with Gasteiger partial charge < -0.3 is 18.4 Å². The smallest absolute Gasteiger partial charge is 0.303 e. The Morgan fingerprint density at radius 2 is 1.55 bits per heavy atom. The number of hydrogen-bond donors (Lipinski definition) is 0. The van der Waals surface area contributed by atoms with Crippen molar-refractivity contribution in [2.24, 2.45) is 34.5 Å². The first kappa shape index (κ1) is 27.5. The van der Waals surface area contributed by atoms with Gasteiger partial charge in [0.1, 0.15) is 19.1 Å². The number of nitrogens with zero attached hydrogens (tertiary/aromatic N) is 3. The molecule has 2 heterocycles. The number of piperazine rings is 1. The van der Waals surface area contributed by atoms with E-state index >= 15 is 0 Å². The molecule has 6 aliphatic rings. The maximum Gasteiger partial charge on any atom is 0.303 e. The summed E-state index contributed by atoms with van der Waals surface area (Å²) in [5, 5.41) is 0. The molecule has 2 saturated heterocycles. The zero-order chi connectivity index (χ0) is 26.9. The summed E-state index contributed by atoms with van der Waals surface area (Å²) >= 11 is 0. The number of esters is 1. The fourth-order valence-corrected chi connectivity index (χ4v) is 11.0. The summed E-state index contributed by atoms with van der Waals surface area (Å²) in [7, 11) is 7.21. The Labute approximate surface area is 232 Å². The van der Waals surface area contributed by atoms with E-state index in [2.05, 4.69) is 39.9 Å². The van der Waals surface area contributed by atoms with Crippen molar-refractivity contribution in [1.29, 1.82) is 0 Å². The number of ether oxygens (including phenoxy) is 2. The van der Waals surface area contributed by atoms with Crippen LogP contribution >= 0.6 is 0 Å². The molecule has 0 unspecified atom stereocenters. The van der Waals surface area contributed by atoms with E-state index in [4.69, 9.17) is 9.47 Å². The van der Waals surface area contributed by atoms with Crippen LogP contribution in [0.15, 0.2) is 0 Å². The Morgan fingerprint density at radius 3 is 2.24 bits per heavy atom. The summed E-state index contributed by atoms with van der Waals surface area (Å²) in [6.45, 7) is 15.8.